The first kappa shape index (κ1) is 22.2. The average molecular weight is 494 g/mol. The first-order chi connectivity index (χ1) is 14.7. The van der Waals surface area contributed by atoms with Crippen molar-refractivity contribution in [3.05, 3.63) is 69.0 Å². The highest BCUT2D eigenvalue weighted by molar-refractivity contribution is 7.79. The van der Waals surface area contributed by atoms with E-state index >= 15 is 0 Å². The Labute approximate surface area is 200 Å². The van der Waals surface area contributed by atoms with Crippen LogP contribution in [0.2, 0.25) is 15.1 Å². The second-order valence-corrected chi connectivity index (χ2v) is 9.61. The smallest absolute Gasteiger partial charge is 0.268 e. The van der Waals surface area contributed by atoms with Crippen LogP contribution in [-0.4, -0.2) is 20.0 Å². The van der Waals surface area contributed by atoms with Crippen molar-refractivity contribution in [2.45, 2.75) is 31.9 Å². The molecule has 0 amide bonds. The monoisotopic (exact) mass is 492 g/mol. The highest BCUT2D eigenvalue weighted by Gasteiger charge is 2.27. The molecule has 0 saturated carbocycles. The number of benzene rings is 2. The van der Waals surface area contributed by atoms with E-state index in [4.69, 9.17) is 44.3 Å². The molecular formula is C22H19Cl3N4OS. The molecule has 2 aromatic carbocycles. The fraction of sp³-hybridized carbons (Fsp3) is 0.227. The van der Waals surface area contributed by atoms with Gasteiger partial charge in [0.25, 0.3) is 5.89 Å². The molecule has 0 aliphatic heterocycles. The Hall–Kier alpha value is -1.99. The minimum atomic E-state index is -0.284. The summed E-state index contributed by atoms with van der Waals surface area (Å²) in [5.74, 6) is 1.25. The molecule has 0 bridgehead atoms. The van der Waals surface area contributed by atoms with Crippen molar-refractivity contribution >= 4 is 47.4 Å². The molecule has 2 heterocycles. The molecule has 160 valence electrons. The van der Waals surface area contributed by atoms with Crippen molar-refractivity contribution in [3.63, 3.8) is 0 Å². The lowest BCUT2D eigenvalue weighted by Gasteiger charge is -2.11. The Morgan fingerprint density at radius 2 is 1.65 bits per heavy atom. The van der Waals surface area contributed by atoms with Gasteiger partial charge in [0.15, 0.2) is 5.69 Å². The standard InChI is InChI=1S/C22H19Cl3N4OS/c1-22(2,3)21-27-26-20(30-21)18-15(11-31)19(12-4-6-13(23)7-5-12)29(28-18)17-9-8-14(24)10-16(17)25/h4-10,31H,11H2,1-3H3. The zero-order valence-electron chi connectivity index (χ0n) is 17.0. The van der Waals surface area contributed by atoms with E-state index in [9.17, 15) is 0 Å². The van der Waals surface area contributed by atoms with Gasteiger partial charge in [0, 0.05) is 32.3 Å². The molecule has 0 aliphatic carbocycles. The van der Waals surface area contributed by atoms with Crippen LogP contribution in [-0.2, 0) is 11.2 Å². The van der Waals surface area contributed by atoms with E-state index in [1.807, 2.05) is 51.1 Å². The van der Waals surface area contributed by atoms with Crippen molar-refractivity contribution in [1.29, 1.82) is 0 Å². The Morgan fingerprint density at radius 3 is 2.23 bits per heavy atom. The minimum Gasteiger partial charge on any atom is -0.419 e. The summed E-state index contributed by atoms with van der Waals surface area (Å²) < 4.78 is 7.73. The van der Waals surface area contributed by atoms with Gasteiger partial charge in [0.1, 0.15) is 0 Å². The van der Waals surface area contributed by atoms with Gasteiger partial charge in [0.05, 0.1) is 16.4 Å². The maximum atomic E-state index is 6.53. The van der Waals surface area contributed by atoms with E-state index in [0.29, 0.717) is 44.0 Å². The van der Waals surface area contributed by atoms with Crippen LogP contribution >= 0.6 is 47.4 Å². The zero-order valence-corrected chi connectivity index (χ0v) is 20.2. The lowest BCUT2D eigenvalue weighted by Crippen LogP contribution is -2.11. The van der Waals surface area contributed by atoms with Crippen molar-refractivity contribution < 1.29 is 4.42 Å². The van der Waals surface area contributed by atoms with Crippen molar-refractivity contribution in [2.75, 3.05) is 0 Å². The molecule has 0 aliphatic rings. The summed E-state index contributed by atoms with van der Waals surface area (Å²) in [6.45, 7) is 6.03. The lowest BCUT2D eigenvalue weighted by atomic mass is 9.97. The maximum Gasteiger partial charge on any atom is 0.268 e. The third-order valence-electron chi connectivity index (χ3n) is 4.67. The Balaban J connectivity index is 1.99. The molecule has 0 radical (unpaired) electrons. The summed E-state index contributed by atoms with van der Waals surface area (Å²) >= 11 is 23.3. The number of hydrogen-bond acceptors (Lipinski definition) is 5. The van der Waals surface area contributed by atoms with Gasteiger partial charge in [-0.15, -0.1) is 10.2 Å². The number of aromatic nitrogens is 4. The zero-order chi connectivity index (χ0) is 22.3. The normalized spacial score (nSPS) is 11.8. The molecule has 5 nitrogen and oxygen atoms in total. The largest absolute Gasteiger partial charge is 0.419 e. The van der Waals surface area contributed by atoms with Gasteiger partial charge >= 0.3 is 0 Å². The van der Waals surface area contributed by atoms with Crippen molar-refractivity contribution in [3.8, 4) is 28.5 Å². The Morgan fingerprint density at radius 1 is 0.968 bits per heavy atom. The second-order valence-electron chi connectivity index (χ2n) is 8.01. The summed E-state index contributed by atoms with van der Waals surface area (Å²) in [6.07, 6.45) is 0. The van der Waals surface area contributed by atoms with E-state index in [1.54, 1.807) is 16.8 Å². The molecule has 0 spiro atoms. The molecule has 0 saturated heterocycles. The molecule has 4 aromatic rings. The van der Waals surface area contributed by atoms with E-state index in [1.165, 1.54) is 0 Å². The van der Waals surface area contributed by atoms with E-state index < -0.39 is 0 Å². The predicted molar refractivity (Wildman–Crippen MR) is 129 cm³/mol. The molecule has 31 heavy (non-hydrogen) atoms. The van der Waals surface area contributed by atoms with Gasteiger partial charge in [-0.2, -0.15) is 17.7 Å². The fourth-order valence-corrected chi connectivity index (χ4v) is 4.04. The van der Waals surface area contributed by atoms with Crippen LogP contribution in [0.3, 0.4) is 0 Å². The van der Waals surface area contributed by atoms with Gasteiger partial charge in [-0.1, -0.05) is 67.7 Å². The van der Waals surface area contributed by atoms with Crippen molar-refractivity contribution in [1.82, 2.24) is 20.0 Å². The molecule has 2 aromatic heterocycles. The summed E-state index contributed by atoms with van der Waals surface area (Å²) in [6, 6.07) is 12.7. The Bertz CT molecular complexity index is 1240. The highest BCUT2D eigenvalue weighted by Crippen LogP contribution is 2.38. The van der Waals surface area contributed by atoms with Crippen LogP contribution in [0, 0.1) is 0 Å². The van der Waals surface area contributed by atoms with Gasteiger partial charge in [0.2, 0.25) is 5.89 Å². The summed E-state index contributed by atoms with van der Waals surface area (Å²) in [7, 11) is 0. The fourth-order valence-electron chi connectivity index (χ4n) is 3.13. The maximum absolute atomic E-state index is 6.53. The Kier molecular flexibility index (Phi) is 6.10. The number of rotatable bonds is 4. The van der Waals surface area contributed by atoms with Gasteiger partial charge < -0.3 is 4.42 Å². The highest BCUT2D eigenvalue weighted by atomic mass is 35.5. The van der Waals surface area contributed by atoms with Gasteiger partial charge in [-0.3, -0.25) is 0 Å². The first-order valence-corrected chi connectivity index (χ1v) is 11.2. The van der Waals surface area contributed by atoms with Crippen LogP contribution < -0.4 is 0 Å². The summed E-state index contributed by atoms with van der Waals surface area (Å²) in [4.78, 5) is 0. The predicted octanol–water partition coefficient (Wildman–Crippen LogP) is 7.28. The molecule has 0 N–H and O–H groups in total. The number of halogens is 3. The number of nitrogens with zero attached hydrogens (tertiary/aromatic N) is 4. The van der Waals surface area contributed by atoms with Crippen LogP contribution in [0.25, 0.3) is 28.5 Å². The number of hydrogen-bond donors (Lipinski definition) is 1. The molecule has 0 unspecified atom stereocenters. The number of thiol groups is 1. The lowest BCUT2D eigenvalue weighted by molar-refractivity contribution is 0.398. The summed E-state index contributed by atoms with van der Waals surface area (Å²) in [5.41, 5.74) is 3.47. The van der Waals surface area contributed by atoms with Crippen LogP contribution in [0.15, 0.2) is 46.9 Å². The second kappa shape index (κ2) is 8.51. The van der Waals surface area contributed by atoms with Crippen LogP contribution in [0.1, 0.15) is 32.2 Å². The van der Waals surface area contributed by atoms with Gasteiger partial charge in [-0.25, -0.2) is 4.68 Å². The molecule has 9 heteroatoms. The van der Waals surface area contributed by atoms with E-state index in [2.05, 4.69) is 22.8 Å². The topological polar surface area (TPSA) is 56.7 Å². The molecule has 0 fully saturated rings. The van der Waals surface area contributed by atoms with Crippen LogP contribution in [0.4, 0.5) is 0 Å². The third kappa shape index (κ3) is 4.35. The molecule has 0 atom stereocenters. The SMILES string of the molecule is CC(C)(C)c1nnc(-c2nn(-c3ccc(Cl)cc3Cl)c(-c3ccc(Cl)cc3)c2CS)o1. The average Bonchev–Trinajstić information content (AvgIpc) is 3.33. The van der Waals surface area contributed by atoms with E-state index in [0.717, 1.165) is 16.8 Å². The molecule has 4 rings (SSSR count). The van der Waals surface area contributed by atoms with Crippen LogP contribution in [0.5, 0.6) is 0 Å². The first-order valence-electron chi connectivity index (χ1n) is 9.47. The third-order valence-corrected chi connectivity index (χ3v) is 5.77. The van der Waals surface area contributed by atoms with Gasteiger partial charge in [-0.05, 0) is 30.3 Å². The molecular weight excluding hydrogens is 475 g/mol. The quantitative estimate of drug-likeness (QED) is 0.304. The minimum absolute atomic E-state index is 0.284. The van der Waals surface area contributed by atoms with E-state index in [-0.39, 0.29) is 5.41 Å². The summed E-state index contributed by atoms with van der Waals surface area (Å²) in [5, 5.41) is 14.9. The van der Waals surface area contributed by atoms with Crippen molar-refractivity contribution in [2.24, 2.45) is 0 Å².